The standard InChI is InChI=1S/C23H14ClNO3/c24-15-10-11-19(18(12-15)22(27)14-6-2-1-3-7-14)25-20-13-21(26)23(28)17-9-5-4-8-16(17)20/h1-13,25H. The van der Waals surface area contributed by atoms with E-state index in [4.69, 9.17) is 11.6 Å². The second-order valence-electron chi connectivity index (χ2n) is 6.31. The fourth-order valence-electron chi connectivity index (χ4n) is 3.13. The van der Waals surface area contributed by atoms with Gasteiger partial charge in [-0.15, -0.1) is 0 Å². The van der Waals surface area contributed by atoms with Crippen molar-refractivity contribution in [1.29, 1.82) is 0 Å². The maximum atomic E-state index is 13.0. The van der Waals surface area contributed by atoms with Crippen molar-refractivity contribution in [2.45, 2.75) is 0 Å². The number of carbonyl (C=O) groups is 3. The fraction of sp³-hybridized carbons (Fsp3) is 0. The van der Waals surface area contributed by atoms with Gasteiger partial charge >= 0.3 is 0 Å². The molecule has 3 aromatic carbocycles. The van der Waals surface area contributed by atoms with Crippen LogP contribution >= 0.6 is 11.6 Å². The van der Waals surface area contributed by atoms with Gasteiger partial charge < -0.3 is 5.32 Å². The Labute approximate surface area is 166 Å². The summed E-state index contributed by atoms with van der Waals surface area (Å²) in [5.41, 5.74) is 2.81. The van der Waals surface area contributed by atoms with Crippen LogP contribution in [0.1, 0.15) is 31.8 Å². The first-order valence-corrected chi connectivity index (χ1v) is 8.98. The quantitative estimate of drug-likeness (QED) is 0.516. The summed E-state index contributed by atoms with van der Waals surface area (Å²) in [6, 6.07) is 20.7. The maximum Gasteiger partial charge on any atom is 0.233 e. The predicted molar refractivity (Wildman–Crippen MR) is 109 cm³/mol. The average molecular weight is 388 g/mol. The highest BCUT2D eigenvalue weighted by molar-refractivity contribution is 6.50. The van der Waals surface area contributed by atoms with Crippen LogP contribution in [-0.2, 0) is 4.79 Å². The summed E-state index contributed by atoms with van der Waals surface area (Å²) in [5.74, 6) is -1.35. The second kappa shape index (κ2) is 7.25. The molecule has 0 aromatic heterocycles. The van der Waals surface area contributed by atoms with Gasteiger partial charge in [-0.05, 0) is 18.2 Å². The minimum atomic E-state index is -0.605. The van der Waals surface area contributed by atoms with Crippen LogP contribution in [0.4, 0.5) is 5.69 Å². The second-order valence-corrected chi connectivity index (χ2v) is 6.74. The van der Waals surface area contributed by atoms with Gasteiger partial charge in [0, 0.05) is 39.0 Å². The van der Waals surface area contributed by atoms with Crippen molar-refractivity contribution < 1.29 is 14.4 Å². The van der Waals surface area contributed by atoms with Crippen molar-refractivity contribution in [3.8, 4) is 0 Å². The van der Waals surface area contributed by atoms with Crippen LogP contribution in [0.5, 0.6) is 0 Å². The van der Waals surface area contributed by atoms with Gasteiger partial charge in [0.15, 0.2) is 5.78 Å². The lowest BCUT2D eigenvalue weighted by molar-refractivity contribution is -0.111. The van der Waals surface area contributed by atoms with Gasteiger partial charge in [-0.1, -0.05) is 66.2 Å². The highest BCUT2D eigenvalue weighted by Crippen LogP contribution is 2.30. The molecular weight excluding hydrogens is 374 g/mol. The number of halogens is 1. The molecule has 0 heterocycles. The normalized spacial score (nSPS) is 13.0. The summed E-state index contributed by atoms with van der Waals surface area (Å²) in [4.78, 5) is 37.2. The minimum Gasteiger partial charge on any atom is -0.354 e. The molecule has 4 nitrogen and oxygen atoms in total. The third-order valence-corrected chi connectivity index (χ3v) is 4.73. The number of hydrogen-bond acceptors (Lipinski definition) is 4. The molecule has 0 saturated carbocycles. The summed E-state index contributed by atoms with van der Waals surface area (Å²) in [6.07, 6.45) is 1.26. The average Bonchev–Trinajstić information content (AvgIpc) is 2.73. The number of fused-ring (bicyclic) bond motifs is 1. The van der Waals surface area contributed by atoms with Gasteiger partial charge in [-0.25, -0.2) is 0 Å². The van der Waals surface area contributed by atoms with E-state index < -0.39 is 11.6 Å². The number of carbonyl (C=O) groups excluding carboxylic acids is 3. The molecule has 0 radical (unpaired) electrons. The highest BCUT2D eigenvalue weighted by Gasteiger charge is 2.26. The van der Waals surface area contributed by atoms with Crippen LogP contribution in [0, 0.1) is 0 Å². The zero-order valence-electron chi connectivity index (χ0n) is 14.6. The monoisotopic (exact) mass is 387 g/mol. The maximum absolute atomic E-state index is 13.0. The van der Waals surface area contributed by atoms with Crippen molar-refractivity contribution in [1.82, 2.24) is 0 Å². The Bertz CT molecular complexity index is 1150. The van der Waals surface area contributed by atoms with Crippen LogP contribution in [0.25, 0.3) is 5.70 Å². The number of nitrogens with one attached hydrogen (secondary N) is 1. The third kappa shape index (κ3) is 3.26. The third-order valence-electron chi connectivity index (χ3n) is 4.49. The molecule has 5 heteroatoms. The van der Waals surface area contributed by atoms with Gasteiger partial charge in [-0.3, -0.25) is 14.4 Å². The molecular formula is C23H14ClNO3. The molecule has 1 N–H and O–H groups in total. The van der Waals surface area contributed by atoms with Crippen LogP contribution in [0.3, 0.4) is 0 Å². The van der Waals surface area contributed by atoms with E-state index in [2.05, 4.69) is 5.32 Å². The molecule has 28 heavy (non-hydrogen) atoms. The molecule has 0 aliphatic heterocycles. The van der Waals surface area contributed by atoms with Crippen LogP contribution < -0.4 is 5.32 Å². The number of allylic oxidation sites excluding steroid dienone is 1. The molecule has 0 atom stereocenters. The van der Waals surface area contributed by atoms with E-state index in [0.29, 0.717) is 38.7 Å². The smallest absolute Gasteiger partial charge is 0.233 e. The summed E-state index contributed by atoms with van der Waals surface area (Å²) >= 11 is 6.12. The van der Waals surface area contributed by atoms with Crippen molar-refractivity contribution >= 4 is 40.3 Å². The Balaban J connectivity index is 1.77. The van der Waals surface area contributed by atoms with Gasteiger partial charge in [0.1, 0.15) is 0 Å². The van der Waals surface area contributed by atoms with E-state index in [1.54, 1.807) is 66.7 Å². The van der Waals surface area contributed by atoms with E-state index in [1.807, 2.05) is 6.07 Å². The number of hydrogen-bond donors (Lipinski definition) is 1. The molecule has 0 amide bonds. The van der Waals surface area contributed by atoms with E-state index in [1.165, 1.54) is 6.08 Å². The van der Waals surface area contributed by atoms with E-state index in [0.717, 1.165) is 0 Å². The molecule has 136 valence electrons. The fourth-order valence-corrected chi connectivity index (χ4v) is 3.30. The van der Waals surface area contributed by atoms with E-state index in [-0.39, 0.29) is 5.78 Å². The molecule has 0 saturated heterocycles. The first-order chi connectivity index (χ1) is 13.5. The van der Waals surface area contributed by atoms with Crippen LogP contribution in [0.2, 0.25) is 5.02 Å². The van der Waals surface area contributed by atoms with Crippen molar-refractivity contribution in [3.05, 3.63) is 106 Å². The largest absolute Gasteiger partial charge is 0.354 e. The zero-order chi connectivity index (χ0) is 19.7. The lowest BCUT2D eigenvalue weighted by atomic mass is 9.92. The van der Waals surface area contributed by atoms with E-state index >= 15 is 0 Å². The molecule has 0 unspecified atom stereocenters. The highest BCUT2D eigenvalue weighted by atomic mass is 35.5. The topological polar surface area (TPSA) is 63.2 Å². The summed E-state index contributed by atoms with van der Waals surface area (Å²) in [5, 5.41) is 3.57. The van der Waals surface area contributed by atoms with Crippen molar-refractivity contribution in [3.63, 3.8) is 0 Å². The first kappa shape index (κ1) is 17.9. The Kier molecular flexibility index (Phi) is 4.63. The number of rotatable bonds is 4. The zero-order valence-corrected chi connectivity index (χ0v) is 15.4. The van der Waals surface area contributed by atoms with Crippen LogP contribution in [-0.4, -0.2) is 17.3 Å². The SMILES string of the molecule is O=C1C=C(Nc2ccc(Cl)cc2C(=O)c2ccccc2)c2ccccc2C1=O. The van der Waals surface area contributed by atoms with Crippen molar-refractivity contribution in [2.24, 2.45) is 0 Å². The van der Waals surface area contributed by atoms with Gasteiger partial charge in [-0.2, -0.15) is 0 Å². The van der Waals surface area contributed by atoms with Gasteiger partial charge in [0.25, 0.3) is 0 Å². The number of benzene rings is 3. The number of Topliss-reactive ketones (excluding diaryl/α,β-unsaturated/α-hetero) is 1. The molecule has 1 aliphatic carbocycles. The molecule has 1 aliphatic rings. The van der Waals surface area contributed by atoms with Crippen molar-refractivity contribution in [2.75, 3.05) is 5.32 Å². The minimum absolute atomic E-state index is 0.197. The Hall–Kier alpha value is -3.50. The van der Waals surface area contributed by atoms with Crippen LogP contribution in [0.15, 0.2) is 78.9 Å². The Morgan fingerprint density at radius 2 is 1.50 bits per heavy atom. The van der Waals surface area contributed by atoms with Gasteiger partial charge in [0.05, 0.1) is 5.70 Å². The molecule has 0 fully saturated rings. The molecule has 0 bridgehead atoms. The first-order valence-electron chi connectivity index (χ1n) is 8.60. The number of anilines is 1. The Morgan fingerprint density at radius 1 is 0.821 bits per heavy atom. The lowest BCUT2D eigenvalue weighted by Crippen LogP contribution is -2.21. The molecule has 3 aromatic rings. The van der Waals surface area contributed by atoms with E-state index in [9.17, 15) is 14.4 Å². The summed E-state index contributed by atoms with van der Waals surface area (Å²) in [6.45, 7) is 0. The van der Waals surface area contributed by atoms with Gasteiger partial charge in [0.2, 0.25) is 11.6 Å². The predicted octanol–water partition coefficient (Wildman–Crippen LogP) is 4.79. The Morgan fingerprint density at radius 3 is 2.25 bits per heavy atom. The summed E-state index contributed by atoms with van der Waals surface area (Å²) in [7, 11) is 0. The number of ketones is 3. The lowest BCUT2D eigenvalue weighted by Gasteiger charge is -2.19. The summed E-state index contributed by atoms with van der Waals surface area (Å²) < 4.78 is 0. The molecule has 4 rings (SSSR count). The molecule has 0 spiro atoms.